The Balaban J connectivity index is 0.000000167. The lowest BCUT2D eigenvalue weighted by molar-refractivity contribution is 0.0126. The van der Waals surface area contributed by atoms with Crippen LogP contribution in [-0.2, 0) is 6.42 Å². The third kappa shape index (κ3) is 3.12. The number of rotatable bonds is 3. The summed E-state index contributed by atoms with van der Waals surface area (Å²) in [4.78, 5) is 0. The number of phenolic OH excluding ortho intramolecular Hbond substituents is 1. The number of phenols is 1. The van der Waals surface area contributed by atoms with Gasteiger partial charge in [0.1, 0.15) is 0 Å². The molecule has 1 aromatic carbocycles. The second-order valence-electron chi connectivity index (χ2n) is 7.63. The van der Waals surface area contributed by atoms with E-state index in [1.165, 1.54) is 20.0 Å². The molecule has 0 aliphatic heterocycles. The van der Waals surface area contributed by atoms with Gasteiger partial charge < -0.3 is 14.9 Å². The fourth-order valence-electron chi connectivity index (χ4n) is 4.18. The average molecular weight is 318 g/mol. The molecule has 2 saturated carbocycles. The molecule has 1 aromatic rings. The van der Waals surface area contributed by atoms with E-state index in [9.17, 15) is 10.2 Å². The molecule has 128 valence electrons. The second kappa shape index (κ2) is 6.56. The molecule has 0 heterocycles. The Kier molecular flexibility index (Phi) is 5.10. The van der Waals surface area contributed by atoms with Crippen molar-refractivity contribution in [3.63, 3.8) is 0 Å². The van der Waals surface area contributed by atoms with Crippen LogP contribution in [0.1, 0.15) is 45.6 Å². The van der Waals surface area contributed by atoms with Gasteiger partial charge in [0, 0.05) is 0 Å². The number of hydrogen-bond donors (Lipinski definition) is 2. The van der Waals surface area contributed by atoms with Crippen LogP contribution in [0.3, 0.4) is 0 Å². The van der Waals surface area contributed by atoms with Crippen molar-refractivity contribution in [1.82, 2.24) is 0 Å². The fraction of sp³-hybridized carbons (Fsp3) is 0.600. The van der Waals surface area contributed by atoms with Gasteiger partial charge in [0.15, 0.2) is 11.5 Å². The van der Waals surface area contributed by atoms with E-state index in [0.717, 1.165) is 24.3 Å². The number of benzene rings is 1. The fourth-order valence-corrected chi connectivity index (χ4v) is 4.18. The van der Waals surface area contributed by atoms with Crippen LogP contribution in [0.15, 0.2) is 30.9 Å². The summed E-state index contributed by atoms with van der Waals surface area (Å²) in [6.07, 6.45) is 6.18. The number of allylic oxidation sites excluding steroid dienone is 1. The van der Waals surface area contributed by atoms with E-state index in [0.29, 0.717) is 11.2 Å². The summed E-state index contributed by atoms with van der Waals surface area (Å²) in [6.45, 7) is 10.5. The molecule has 3 atom stereocenters. The van der Waals surface area contributed by atoms with E-state index >= 15 is 0 Å². The Morgan fingerprint density at radius 3 is 2.43 bits per heavy atom. The molecule has 0 amide bonds. The number of aliphatic hydroxyl groups excluding tert-OH is 1. The molecular formula is C20H30O3. The largest absolute Gasteiger partial charge is 0.504 e. The summed E-state index contributed by atoms with van der Waals surface area (Å²) in [7, 11) is 1.53. The first kappa shape index (κ1) is 17.9. The summed E-state index contributed by atoms with van der Waals surface area (Å²) in [5.74, 6) is 1.46. The first-order valence-corrected chi connectivity index (χ1v) is 8.41. The normalized spacial score (nSPS) is 30.5. The highest BCUT2D eigenvalue weighted by molar-refractivity contribution is 5.42. The highest BCUT2D eigenvalue weighted by Gasteiger charge is 2.60. The number of fused-ring (bicyclic) bond motifs is 2. The van der Waals surface area contributed by atoms with Crippen LogP contribution in [0.2, 0.25) is 0 Å². The van der Waals surface area contributed by atoms with Gasteiger partial charge >= 0.3 is 0 Å². The molecule has 0 spiro atoms. The van der Waals surface area contributed by atoms with Crippen molar-refractivity contribution in [3.8, 4) is 11.5 Å². The Morgan fingerprint density at radius 1 is 1.35 bits per heavy atom. The molecular weight excluding hydrogens is 288 g/mol. The molecule has 2 fully saturated rings. The van der Waals surface area contributed by atoms with Gasteiger partial charge in [-0.25, -0.2) is 0 Å². The van der Waals surface area contributed by atoms with Crippen LogP contribution in [-0.4, -0.2) is 23.4 Å². The quantitative estimate of drug-likeness (QED) is 0.816. The van der Waals surface area contributed by atoms with Gasteiger partial charge in [-0.15, -0.1) is 6.58 Å². The Hall–Kier alpha value is -1.48. The molecule has 0 saturated heterocycles. The lowest BCUT2D eigenvalue weighted by atomic mass is 9.70. The third-order valence-corrected chi connectivity index (χ3v) is 6.37. The molecule has 3 heteroatoms. The van der Waals surface area contributed by atoms with E-state index < -0.39 is 0 Å². The number of methoxy groups -OCH3 is 1. The zero-order valence-electron chi connectivity index (χ0n) is 14.8. The minimum absolute atomic E-state index is 0.0313. The van der Waals surface area contributed by atoms with E-state index in [1.807, 2.05) is 12.1 Å². The minimum atomic E-state index is -0.0313. The molecule has 2 bridgehead atoms. The highest BCUT2D eigenvalue weighted by atomic mass is 16.5. The Bertz CT molecular complexity index is 564. The summed E-state index contributed by atoms with van der Waals surface area (Å²) in [5.41, 5.74) is 1.68. The zero-order chi connectivity index (χ0) is 17.3. The molecule has 3 nitrogen and oxygen atoms in total. The van der Waals surface area contributed by atoms with Gasteiger partial charge in [-0.05, 0) is 60.1 Å². The zero-order valence-corrected chi connectivity index (χ0v) is 14.8. The van der Waals surface area contributed by atoms with Crippen LogP contribution in [0.4, 0.5) is 0 Å². The van der Waals surface area contributed by atoms with Gasteiger partial charge in [0.25, 0.3) is 0 Å². The average Bonchev–Trinajstić information content (AvgIpc) is 2.83. The molecule has 0 radical (unpaired) electrons. The second-order valence-corrected chi connectivity index (χ2v) is 7.63. The van der Waals surface area contributed by atoms with E-state index in [4.69, 9.17) is 4.74 Å². The molecule has 2 N–H and O–H groups in total. The molecule has 0 aromatic heterocycles. The van der Waals surface area contributed by atoms with Crippen molar-refractivity contribution in [2.75, 3.05) is 7.11 Å². The number of aliphatic hydroxyl groups is 1. The lowest BCUT2D eigenvalue weighted by Crippen LogP contribution is -2.35. The molecule has 23 heavy (non-hydrogen) atoms. The lowest BCUT2D eigenvalue weighted by Gasteiger charge is -2.36. The monoisotopic (exact) mass is 318 g/mol. The van der Waals surface area contributed by atoms with Crippen LogP contribution >= 0.6 is 0 Å². The van der Waals surface area contributed by atoms with E-state index in [1.54, 1.807) is 12.1 Å². The number of aromatic hydroxyl groups is 1. The summed E-state index contributed by atoms with van der Waals surface area (Å²) < 4.78 is 4.95. The molecule has 2 aliphatic rings. The van der Waals surface area contributed by atoms with Crippen LogP contribution in [0.5, 0.6) is 11.5 Å². The molecule has 2 aliphatic carbocycles. The van der Waals surface area contributed by atoms with E-state index in [2.05, 4.69) is 27.4 Å². The maximum absolute atomic E-state index is 9.81. The van der Waals surface area contributed by atoms with Crippen molar-refractivity contribution >= 4 is 0 Å². The van der Waals surface area contributed by atoms with Gasteiger partial charge in [-0.3, -0.25) is 0 Å². The summed E-state index contributed by atoms with van der Waals surface area (Å²) in [5, 5.41) is 19.1. The number of ether oxygens (including phenoxy) is 1. The van der Waals surface area contributed by atoms with Crippen molar-refractivity contribution in [2.45, 2.75) is 52.6 Å². The van der Waals surface area contributed by atoms with Crippen molar-refractivity contribution < 1.29 is 14.9 Å². The molecule has 3 rings (SSSR count). The minimum Gasteiger partial charge on any atom is -0.504 e. The third-order valence-electron chi connectivity index (χ3n) is 6.37. The van der Waals surface area contributed by atoms with Gasteiger partial charge in [0.2, 0.25) is 0 Å². The summed E-state index contributed by atoms with van der Waals surface area (Å²) >= 11 is 0. The van der Waals surface area contributed by atoms with Crippen LogP contribution in [0.25, 0.3) is 0 Å². The van der Waals surface area contributed by atoms with Crippen molar-refractivity contribution in [2.24, 2.45) is 16.7 Å². The maximum Gasteiger partial charge on any atom is 0.160 e. The standard InChI is InChI=1S/C10H12O2.C10H18O/c1-3-4-8-5-6-9(11)10(7-8)12-2;1-9(2)7-4-5-10(9,3)8(11)6-7/h3,5-7,11H,1,4H2,2H3;7-8,11H,4-6H2,1-3H3. The highest BCUT2D eigenvalue weighted by Crippen LogP contribution is 2.65. The van der Waals surface area contributed by atoms with Crippen LogP contribution in [0, 0.1) is 16.7 Å². The molecule has 3 unspecified atom stereocenters. The topological polar surface area (TPSA) is 49.7 Å². The predicted octanol–water partition coefficient (Wildman–Crippen LogP) is 4.32. The Labute approximate surface area is 140 Å². The predicted molar refractivity (Wildman–Crippen MR) is 93.8 cm³/mol. The summed E-state index contributed by atoms with van der Waals surface area (Å²) in [6, 6.07) is 5.27. The van der Waals surface area contributed by atoms with Crippen molar-refractivity contribution in [3.05, 3.63) is 36.4 Å². The van der Waals surface area contributed by atoms with Crippen LogP contribution < -0.4 is 4.74 Å². The van der Waals surface area contributed by atoms with Gasteiger partial charge in [-0.2, -0.15) is 0 Å². The first-order valence-electron chi connectivity index (χ1n) is 8.41. The van der Waals surface area contributed by atoms with Gasteiger partial charge in [0.05, 0.1) is 13.2 Å². The van der Waals surface area contributed by atoms with E-state index in [-0.39, 0.29) is 17.3 Å². The van der Waals surface area contributed by atoms with Crippen molar-refractivity contribution in [1.29, 1.82) is 0 Å². The smallest absolute Gasteiger partial charge is 0.160 e. The van der Waals surface area contributed by atoms with Gasteiger partial charge in [-0.1, -0.05) is 32.9 Å². The first-order chi connectivity index (χ1) is 10.8. The Morgan fingerprint density at radius 2 is 2.04 bits per heavy atom. The SMILES string of the molecule is C=CCc1ccc(O)c(OC)c1.CC1(C)C2CCC1(C)C(O)C2. The maximum atomic E-state index is 9.81. The number of hydrogen-bond acceptors (Lipinski definition) is 3.